The number of carbonyl (C=O) groups excluding carboxylic acids is 3. The van der Waals surface area contributed by atoms with Crippen molar-refractivity contribution in [2.45, 2.75) is 77.4 Å². The number of carbonyl (C=O) groups is 3. The quantitative estimate of drug-likeness (QED) is 0.549. The second-order valence-electron chi connectivity index (χ2n) is 10.2. The van der Waals surface area contributed by atoms with Gasteiger partial charge in [0.1, 0.15) is 0 Å². The first kappa shape index (κ1) is 18.5. The van der Waals surface area contributed by atoms with Crippen molar-refractivity contribution in [1.82, 2.24) is 0 Å². The minimum absolute atomic E-state index is 0.0120. The number of hydrogen-bond donors (Lipinski definition) is 0. The molecular formula is C23H30O5. The molecule has 0 amide bonds. The van der Waals surface area contributed by atoms with Crippen LogP contribution in [-0.2, 0) is 23.9 Å². The van der Waals surface area contributed by atoms with Crippen LogP contribution in [0.1, 0.15) is 65.7 Å². The standard InChI is InChI=1S/C23H30O5/c1-13(24)27-12-19(26)23-20(28-23)11-18-16-5-4-14-10-15(25)6-8-21(14,2)17(16)7-9-22(18,23)3/h10,16-18,20H,4-9,11-12H2,1-3H3/t16?,17?,18?,20-,21+,22+,23-/m1/s1. The lowest BCUT2D eigenvalue weighted by Gasteiger charge is -2.58. The number of hydrogen-bond acceptors (Lipinski definition) is 5. The summed E-state index contributed by atoms with van der Waals surface area (Å²) in [6, 6.07) is 0. The summed E-state index contributed by atoms with van der Waals surface area (Å²) in [4.78, 5) is 36.2. The second kappa shape index (κ2) is 5.78. The molecule has 0 aromatic heterocycles. The molecule has 1 aliphatic heterocycles. The van der Waals surface area contributed by atoms with Gasteiger partial charge >= 0.3 is 5.97 Å². The van der Waals surface area contributed by atoms with E-state index in [1.807, 2.05) is 6.08 Å². The maximum Gasteiger partial charge on any atom is 0.303 e. The molecule has 152 valence electrons. The number of fused-ring (bicyclic) bond motifs is 7. The van der Waals surface area contributed by atoms with Crippen molar-refractivity contribution in [2.24, 2.45) is 28.6 Å². The Morgan fingerprint density at radius 1 is 1.18 bits per heavy atom. The molecule has 5 heteroatoms. The van der Waals surface area contributed by atoms with E-state index in [2.05, 4.69) is 13.8 Å². The normalized spacial score (nSPS) is 48.5. The van der Waals surface area contributed by atoms with E-state index in [0.717, 1.165) is 38.5 Å². The van der Waals surface area contributed by atoms with Crippen LogP contribution in [0.5, 0.6) is 0 Å². The van der Waals surface area contributed by atoms with E-state index in [0.29, 0.717) is 24.2 Å². The van der Waals surface area contributed by atoms with Crippen molar-refractivity contribution >= 4 is 17.5 Å². The Bertz CT molecular complexity index is 799. The Kier molecular flexibility index (Phi) is 3.82. The lowest BCUT2D eigenvalue weighted by Crippen LogP contribution is -2.55. The van der Waals surface area contributed by atoms with Crippen LogP contribution in [0.15, 0.2) is 11.6 Å². The van der Waals surface area contributed by atoms with Gasteiger partial charge in [-0.2, -0.15) is 0 Å². The van der Waals surface area contributed by atoms with Gasteiger partial charge in [-0.25, -0.2) is 0 Å². The van der Waals surface area contributed by atoms with Crippen molar-refractivity contribution in [2.75, 3.05) is 6.61 Å². The first-order chi connectivity index (χ1) is 13.2. The summed E-state index contributed by atoms with van der Waals surface area (Å²) in [5, 5.41) is 0. The molecule has 5 nitrogen and oxygen atoms in total. The van der Waals surface area contributed by atoms with Crippen LogP contribution < -0.4 is 0 Å². The molecule has 7 atom stereocenters. The average Bonchev–Trinajstić information content (AvgIpc) is 3.32. The Morgan fingerprint density at radius 3 is 2.71 bits per heavy atom. The van der Waals surface area contributed by atoms with E-state index in [1.165, 1.54) is 12.5 Å². The maximum atomic E-state index is 13.0. The third-order valence-corrected chi connectivity index (χ3v) is 9.21. The van der Waals surface area contributed by atoms with Crippen LogP contribution in [0.2, 0.25) is 0 Å². The molecule has 0 N–H and O–H groups in total. The van der Waals surface area contributed by atoms with Crippen molar-refractivity contribution in [3.63, 3.8) is 0 Å². The zero-order valence-electron chi connectivity index (χ0n) is 17.1. The fraction of sp³-hybridized carbons (Fsp3) is 0.783. The molecular weight excluding hydrogens is 356 g/mol. The highest BCUT2D eigenvalue weighted by Crippen LogP contribution is 2.73. The monoisotopic (exact) mass is 386 g/mol. The van der Waals surface area contributed by atoms with E-state index < -0.39 is 11.6 Å². The summed E-state index contributed by atoms with van der Waals surface area (Å²) in [7, 11) is 0. The van der Waals surface area contributed by atoms with E-state index in [9.17, 15) is 14.4 Å². The summed E-state index contributed by atoms with van der Waals surface area (Å²) in [6.45, 7) is 5.78. The predicted octanol–water partition coefficient (Wildman–Crippen LogP) is 3.40. The summed E-state index contributed by atoms with van der Waals surface area (Å²) in [5.74, 6) is 1.47. The minimum Gasteiger partial charge on any atom is -0.458 e. The van der Waals surface area contributed by atoms with Gasteiger partial charge in [-0.05, 0) is 67.8 Å². The highest BCUT2D eigenvalue weighted by Gasteiger charge is 2.80. The van der Waals surface area contributed by atoms with Crippen molar-refractivity contribution < 1.29 is 23.9 Å². The number of ketones is 2. The van der Waals surface area contributed by atoms with Crippen molar-refractivity contribution in [3.8, 4) is 0 Å². The molecule has 5 aliphatic rings. The molecule has 3 saturated carbocycles. The lowest BCUT2D eigenvalue weighted by atomic mass is 9.46. The van der Waals surface area contributed by atoms with Crippen molar-refractivity contribution in [1.29, 1.82) is 0 Å². The van der Waals surface area contributed by atoms with Gasteiger partial charge in [-0.15, -0.1) is 0 Å². The van der Waals surface area contributed by atoms with Gasteiger partial charge in [0.2, 0.25) is 5.78 Å². The smallest absolute Gasteiger partial charge is 0.303 e. The average molecular weight is 386 g/mol. The van der Waals surface area contributed by atoms with Crippen LogP contribution in [0.3, 0.4) is 0 Å². The highest BCUT2D eigenvalue weighted by atomic mass is 16.6. The van der Waals surface area contributed by atoms with Gasteiger partial charge in [-0.3, -0.25) is 14.4 Å². The second-order valence-corrected chi connectivity index (χ2v) is 10.2. The number of Topliss-reactive ketones (excluding diaryl/α,β-unsaturated/α-hetero) is 1. The fourth-order valence-corrected chi connectivity index (χ4v) is 7.75. The van der Waals surface area contributed by atoms with Gasteiger partial charge in [0.05, 0.1) is 6.10 Å². The molecule has 28 heavy (non-hydrogen) atoms. The van der Waals surface area contributed by atoms with Gasteiger partial charge in [0, 0.05) is 18.8 Å². The molecule has 0 aromatic rings. The van der Waals surface area contributed by atoms with Gasteiger partial charge in [0.15, 0.2) is 18.0 Å². The SMILES string of the molecule is CC(=O)OCC(=O)[C@@]12O[C@@H]1CC1C3CCC4=CC(=O)CC[C@]4(C)C3CC[C@@]12C. The molecule has 0 bridgehead atoms. The maximum absolute atomic E-state index is 13.0. The summed E-state index contributed by atoms with van der Waals surface area (Å²) >= 11 is 0. The Hall–Kier alpha value is -1.49. The van der Waals surface area contributed by atoms with Gasteiger partial charge < -0.3 is 9.47 Å². The van der Waals surface area contributed by atoms with Crippen LogP contribution in [-0.4, -0.2) is 35.8 Å². The molecule has 0 aromatic carbocycles. The molecule has 1 saturated heterocycles. The lowest BCUT2D eigenvalue weighted by molar-refractivity contribution is -0.152. The Morgan fingerprint density at radius 2 is 1.96 bits per heavy atom. The molecule has 3 unspecified atom stereocenters. The first-order valence-corrected chi connectivity index (χ1v) is 10.8. The van der Waals surface area contributed by atoms with Gasteiger partial charge in [0.25, 0.3) is 0 Å². The molecule has 0 radical (unpaired) electrons. The molecule has 4 aliphatic carbocycles. The molecule has 5 rings (SSSR count). The Labute approximate surface area is 166 Å². The van der Waals surface area contributed by atoms with E-state index >= 15 is 0 Å². The van der Waals surface area contributed by atoms with Crippen LogP contribution >= 0.6 is 0 Å². The fourth-order valence-electron chi connectivity index (χ4n) is 7.75. The van der Waals surface area contributed by atoms with Crippen LogP contribution in [0.4, 0.5) is 0 Å². The third kappa shape index (κ3) is 2.20. The number of epoxide rings is 1. The van der Waals surface area contributed by atoms with E-state index in [4.69, 9.17) is 9.47 Å². The first-order valence-electron chi connectivity index (χ1n) is 10.8. The number of ether oxygens (including phenoxy) is 2. The Balaban J connectivity index is 1.42. The number of esters is 1. The van der Waals surface area contributed by atoms with Crippen molar-refractivity contribution in [3.05, 3.63) is 11.6 Å². The zero-order valence-corrected chi connectivity index (χ0v) is 17.1. The van der Waals surface area contributed by atoms with Gasteiger partial charge in [-0.1, -0.05) is 19.4 Å². The highest BCUT2D eigenvalue weighted by molar-refractivity contribution is 5.94. The third-order valence-electron chi connectivity index (χ3n) is 9.21. The van der Waals surface area contributed by atoms with E-state index in [-0.39, 0.29) is 35.1 Å². The van der Waals surface area contributed by atoms with Crippen LogP contribution in [0, 0.1) is 28.6 Å². The zero-order chi connectivity index (χ0) is 19.9. The molecule has 0 spiro atoms. The largest absolute Gasteiger partial charge is 0.458 e. The number of rotatable bonds is 3. The molecule has 4 fully saturated rings. The van der Waals surface area contributed by atoms with Crippen LogP contribution in [0.25, 0.3) is 0 Å². The summed E-state index contributed by atoms with van der Waals surface area (Å²) in [6.07, 6.45) is 8.68. The topological polar surface area (TPSA) is 73.0 Å². The number of allylic oxidation sites excluding steroid dienone is 1. The predicted molar refractivity (Wildman–Crippen MR) is 101 cm³/mol. The molecule has 1 heterocycles. The summed E-state index contributed by atoms with van der Waals surface area (Å²) in [5.41, 5.74) is 0.602. The summed E-state index contributed by atoms with van der Waals surface area (Å²) < 4.78 is 11.1. The minimum atomic E-state index is -0.738. The van der Waals surface area contributed by atoms with E-state index in [1.54, 1.807) is 0 Å².